The van der Waals surface area contributed by atoms with Crippen molar-refractivity contribution in [1.29, 1.82) is 0 Å². The average Bonchev–Trinajstić information content (AvgIpc) is 2.81. The lowest BCUT2D eigenvalue weighted by Gasteiger charge is -2.25. The van der Waals surface area contributed by atoms with Gasteiger partial charge in [-0.05, 0) is 19.4 Å². The molecular weight excluding hydrogens is 156 g/mol. The fraction of sp³-hybridized carbons (Fsp3) is 0.875. The second kappa shape index (κ2) is 3.87. The van der Waals surface area contributed by atoms with Crippen molar-refractivity contribution in [3.63, 3.8) is 0 Å². The molecule has 1 atom stereocenters. The zero-order valence-electron chi connectivity index (χ0n) is 7.36. The third kappa shape index (κ3) is 1.95. The van der Waals surface area contributed by atoms with Gasteiger partial charge >= 0.3 is 5.97 Å². The van der Waals surface area contributed by atoms with Crippen LogP contribution in [-0.2, 0) is 4.79 Å². The Hall–Kier alpha value is -0.610. The molecular formula is C8H16N2O2. The number of rotatable bonds is 5. The molecule has 0 aromatic heterocycles. The Kier molecular flexibility index (Phi) is 3.05. The molecule has 1 fully saturated rings. The molecule has 1 aliphatic carbocycles. The second-order valence-corrected chi connectivity index (χ2v) is 3.15. The van der Waals surface area contributed by atoms with E-state index in [0.29, 0.717) is 6.04 Å². The standard InChI is InChI=1S/C8H16N2O2/c1-2-10(6-3-4-6)7(5-9)8(11)12/h6-7H,2-5,9H2,1H3,(H,11,12). The number of carboxylic acids is 1. The highest BCUT2D eigenvalue weighted by atomic mass is 16.4. The summed E-state index contributed by atoms with van der Waals surface area (Å²) in [6, 6.07) is -0.0119. The molecule has 0 bridgehead atoms. The van der Waals surface area contributed by atoms with Crippen molar-refractivity contribution >= 4 is 5.97 Å². The molecule has 1 rings (SSSR count). The van der Waals surface area contributed by atoms with Gasteiger partial charge in [0.25, 0.3) is 0 Å². The predicted molar refractivity (Wildman–Crippen MR) is 45.9 cm³/mol. The summed E-state index contributed by atoms with van der Waals surface area (Å²) in [6.07, 6.45) is 2.25. The third-order valence-electron chi connectivity index (χ3n) is 2.29. The molecule has 0 aliphatic heterocycles. The van der Waals surface area contributed by atoms with Crippen molar-refractivity contribution < 1.29 is 9.90 Å². The molecule has 0 amide bonds. The van der Waals surface area contributed by atoms with Gasteiger partial charge < -0.3 is 10.8 Å². The molecule has 0 saturated heterocycles. The Labute approximate surface area is 72.3 Å². The SMILES string of the molecule is CCN(C1CC1)C(CN)C(=O)O. The average molecular weight is 172 g/mol. The molecule has 1 aliphatic rings. The van der Waals surface area contributed by atoms with Crippen LogP contribution < -0.4 is 5.73 Å². The van der Waals surface area contributed by atoms with Gasteiger partial charge in [0.05, 0.1) is 0 Å². The Balaban J connectivity index is 2.53. The van der Waals surface area contributed by atoms with Crippen LogP contribution in [0.4, 0.5) is 0 Å². The number of carbonyl (C=O) groups is 1. The van der Waals surface area contributed by atoms with Crippen molar-refractivity contribution in [3.05, 3.63) is 0 Å². The highest BCUT2D eigenvalue weighted by molar-refractivity contribution is 5.73. The smallest absolute Gasteiger partial charge is 0.322 e. The largest absolute Gasteiger partial charge is 0.480 e. The van der Waals surface area contributed by atoms with Crippen molar-refractivity contribution in [2.24, 2.45) is 5.73 Å². The fourth-order valence-electron chi connectivity index (χ4n) is 1.52. The van der Waals surface area contributed by atoms with Gasteiger partial charge in [0.1, 0.15) is 6.04 Å². The fourth-order valence-corrected chi connectivity index (χ4v) is 1.52. The van der Waals surface area contributed by atoms with E-state index in [0.717, 1.165) is 19.4 Å². The second-order valence-electron chi connectivity index (χ2n) is 3.15. The minimum Gasteiger partial charge on any atom is -0.480 e. The Morgan fingerprint density at radius 3 is 2.58 bits per heavy atom. The Morgan fingerprint density at radius 1 is 1.75 bits per heavy atom. The summed E-state index contributed by atoms with van der Waals surface area (Å²) in [5, 5.41) is 8.83. The van der Waals surface area contributed by atoms with Gasteiger partial charge in [0, 0.05) is 12.6 Å². The van der Waals surface area contributed by atoms with Crippen LogP contribution in [0, 0.1) is 0 Å². The molecule has 4 nitrogen and oxygen atoms in total. The topological polar surface area (TPSA) is 66.6 Å². The lowest BCUT2D eigenvalue weighted by molar-refractivity contribution is -0.143. The van der Waals surface area contributed by atoms with Crippen molar-refractivity contribution in [2.45, 2.75) is 31.8 Å². The van der Waals surface area contributed by atoms with Gasteiger partial charge in [-0.15, -0.1) is 0 Å². The maximum Gasteiger partial charge on any atom is 0.322 e. The van der Waals surface area contributed by atoms with E-state index in [1.54, 1.807) is 0 Å². The summed E-state index contributed by atoms with van der Waals surface area (Å²) in [5.41, 5.74) is 5.39. The van der Waals surface area contributed by atoms with Gasteiger partial charge in [0.2, 0.25) is 0 Å². The summed E-state index contributed by atoms with van der Waals surface area (Å²) in [6.45, 7) is 2.96. The first-order chi connectivity index (χ1) is 5.70. The summed E-state index contributed by atoms with van der Waals surface area (Å²) < 4.78 is 0. The highest BCUT2D eigenvalue weighted by Crippen LogP contribution is 2.28. The molecule has 0 heterocycles. The predicted octanol–water partition coefficient (Wildman–Crippen LogP) is -0.117. The number of likely N-dealkylation sites (N-methyl/N-ethyl adjacent to an activating group) is 1. The third-order valence-corrected chi connectivity index (χ3v) is 2.29. The molecule has 0 radical (unpaired) electrons. The number of carboxylic acid groups (broad SMARTS) is 1. The number of nitrogens with zero attached hydrogens (tertiary/aromatic N) is 1. The number of hydrogen-bond donors (Lipinski definition) is 2. The molecule has 4 heteroatoms. The van der Waals surface area contributed by atoms with Crippen LogP contribution in [0.5, 0.6) is 0 Å². The van der Waals surface area contributed by atoms with E-state index in [1.807, 2.05) is 11.8 Å². The summed E-state index contributed by atoms with van der Waals surface area (Å²) in [4.78, 5) is 12.7. The minimum atomic E-state index is -0.800. The molecule has 0 aromatic carbocycles. The van der Waals surface area contributed by atoms with Gasteiger partial charge in [-0.25, -0.2) is 0 Å². The van der Waals surface area contributed by atoms with E-state index in [1.165, 1.54) is 0 Å². The monoisotopic (exact) mass is 172 g/mol. The number of nitrogens with two attached hydrogens (primary N) is 1. The first kappa shape index (κ1) is 9.48. The van der Waals surface area contributed by atoms with Gasteiger partial charge in [-0.3, -0.25) is 9.69 Å². The minimum absolute atomic E-state index is 0.208. The molecule has 70 valence electrons. The van der Waals surface area contributed by atoms with Crippen LogP contribution >= 0.6 is 0 Å². The van der Waals surface area contributed by atoms with Crippen LogP contribution in [0.2, 0.25) is 0 Å². The van der Waals surface area contributed by atoms with Crippen molar-refractivity contribution in [2.75, 3.05) is 13.1 Å². The molecule has 12 heavy (non-hydrogen) atoms. The first-order valence-electron chi connectivity index (χ1n) is 4.39. The first-order valence-corrected chi connectivity index (χ1v) is 4.39. The van der Waals surface area contributed by atoms with Crippen LogP contribution in [0.1, 0.15) is 19.8 Å². The zero-order chi connectivity index (χ0) is 9.14. The summed E-state index contributed by atoms with van der Waals surface area (Å²) >= 11 is 0. The van der Waals surface area contributed by atoms with E-state index in [9.17, 15) is 4.79 Å². The van der Waals surface area contributed by atoms with E-state index in [-0.39, 0.29) is 6.54 Å². The molecule has 0 spiro atoms. The van der Waals surface area contributed by atoms with Crippen LogP contribution in [0.25, 0.3) is 0 Å². The maximum absolute atomic E-state index is 10.7. The molecule has 1 saturated carbocycles. The van der Waals surface area contributed by atoms with E-state index >= 15 is 0 Å². The Bertz CT molecular complexity index is 168. The van der Waals surface area contributed by atoms with Crippen molar-refractivity contribution in [3.8, 4) is 0 Å². The van der Waals surface area contributed by atoms with E-state index in [4.69, 9.17) is 10.8 Å². The van der Waals surface area contributed by atoms with Gasteiger partial charge in [-0.2, -0.15) is 0 Å². The Morgan fingerprint density at radius 2 is 2.33 bits per heavy atom. The van der Waals surface area contributed by atoms with E-state index in [2.05, 4.69) is 0 Å². The zero-order valence-corrected chi connectivity index (χ0v) is 7.36. The van der Waals surface area contributed by atoms with Crippen molar-refractivity contribution in [1.82, 2.24) is 4.90 Å². The number of hydrogen-bond acceptors (Lipinski definition) is 3. The lowest BCUT2D eigenvalue weighted by atomic mass is 10.2. The lowest BCUT2D eigenvalue weighted by Crippen LogP contribution is -2.47. The van der Waals surface area contributed by atoms with Crippen LogP contribution in [0.15, 0.2) is 0 Å². The normalized spacial score (nSPS) is 19.6. The molecule has 1 unspecified atom stereocenters. The van der Waals surface area contributed by atoms with Crippen LogP contribution in [0.3, 0.4) is 0 Å². The number of aliphatic carboxylic acids is 1. The van der Waals surface area contributed by atoms with Crippen LogP contribution in [-0.4, -0.2) is 41.1 Å². The van der Waals surface area contributed by atoms with Gasteiger partial charge in [-0.1, -0.05) is 6.92 Å². The van der Waals surface area contributed by atoms with Gasteiger partial charge in [0.15, 0.2) is 0 Å². The highest BCUT2D eigenvalue weighted by Gasteiger charge is 2.35. The quantitative estimate of drug-likeness (QED) is 0.607. The summed E-state index contributed by atoms with van der Waals surface area (Å²) in [5.74, 6) is -0.800. The molecule has 3 N–H and O–H groups in total. The molecule has 0 aromatic rings. The van der Waals surface area contributed by atoms with E-state index < -0.39 is 12.0 Å². The maximum atomic E-state index is 10.7. The summed E-state index contributed by atoms with van der Waals surface area (Å²) in [7, 11) is 0.